The Kier molecular flexibility index (Phi) is 4.89. The number of halogens is 1. The predicted octanol–water partition coefficient (Wildman–Crippen LogP) is 5.69. The second kappa shape index (κ2) is 6.84. The van der Waals surface area contributed by atoms with Gasteiger partial charge in [0, 0.05) is 5.02 Å². The molecule has 1 atom stereocenters. The molecule has 1 aliphatic carbocycles. The number of hydrogen-bond donors (Lipinski definition) is 2. The average molecular weight is 374 g/mol. The second-order valence-corrected chi connectivity index (χ2v) is 8.24. The Hall–Kier alpha value is -2.20. The number of carboxylic acid groups (broad SMARTS) is 1. The molecule has 26 heavy (non-hydrogen) atoms. The van der Waals surface area contributed by atoms with Gasteiger partial charge in [-0.15, -0.1) is 0 Å². The number of nitrogens with one attached hydrogen (secondary N) is 1. The number of rotatable bonds is 4. The summed E-state index contributed by atoms with van der Waals surface area (Å²) in [6, 6.07) is 11.7. The molecule has 0 saturated carbocycles. The highest BCUT2D eigenvalue weighted by Crippen LogP contribution is 2.46. The molecule has 0 bridgehead atoms. The van der Waals surface area contributed by atoms with Crippen LogP contribution in [0.3, 0.4) is 0 Å². The minimum atomic E-state index is -0.995. The van der Waals surface area contributed by atoms with Crippen LogP contribution >= 0.6 is 11.6 Å². The molecule has 2 N–H and O–H groups in total. The molecule has 5 heteroatoms. The average Bonchev–Trinajstić information content (AvgIpc) is 2.75. The zero-order chi connectivity index (χ0) is 19.1. The summed E-state index contributed by atoms with van der Waals surface area (Å²) in [6.07, 6.45) is -0.105. The molecular weight excluding hydrogens is 350 g/mol. The van der Waals surface area contributed by atoms with E-state index in [9.17, 15) is 4.79 Å². The Morgan fingerprint density at radius 2 is 1.96 bits per heavy atom. The first-order chi connectivity index (χ1) is 12.2. The monoisotopic (exact) mass is 373 g/mol. The number of benzene rings is 2. The first-order valence-electron chi connectivity index (χ1n) is 8.75. The molecule has 4 nitrogen and oxygen atoms in total. The van der Waals surface area contributed by atoms with Crippen molar-refractivity contribution in [3.05, 3.63) is 52.5 Å². The van der Waals surface area contributed by atoms with Gasteiger partial charge in [0.15, 0.2) is 0 Å². The first-order valence-corrected chi connectivity index (χ1v) is 9.13. The van der Waals surface area contributed by atoms with Crippen LogP contribution in [0.1, 0.15) is 44.9 Å². The molecule has 1 amide bonds. The molecule has 0 saturated heterocycles. The molecule has 3 rings (SSSR count). The molecular formula is C21H24ClNO3. The van der Waals surface area contributed by atoms with Crippen molar-refractivity contribution >= 4 is 17.7 Å². The third-order valence-corrected chi connectivity index (χ3v) is 4.94. The molecule has 0 spiro atoms. The van der Waals surface area contributed by atoms with E-state index in [1.54, 1.807) is 0 Å². The maximum Gasteiger partial charge on any atom is 0.405 e. The fourth-order valence-electron chi connectivity index (χ4n) is 3.70. The number of fused-ring (bicyclic) bond motifs is 1. The van der Waals surface area contributed by atoms with Gasteiger partial charge in [-0.2, -0.15) is 0 Å². The Morgan fingerprint density at radius 3 is 2.62 bits per heavy atom. The van der Waals surface area contributed by atoms with Gasteiger partial charge in [0.25, 0.3) is 0 Å². The van der Waals surface area contributed by atoms with Gasteiger partial charge in [0.2, 0.25) is 0 Å². The van der Waals surface area contributed by atoms with E-state index in [1.807, 2.05) is 44.2 Å². The lowest BCUT2D eigenvalue weighted by molar-refractivity contribution is 0.175. The van der Waals surface area contributed by atoms with Crippen LogP contribution in [0.15, 0.2) is 36.4 Å². The van der Waals surface area contributed by atoms with Crippen molar-refractivity contribution in [1.82, 2.24) is 5.32 Å². The van der Waals surface area contributed by atoms with Crippen LogP contribution in [0.4, 0.5) is 4.79 Å². The summed E-state index contributed by atoms with van der Waals surface area (Å²) in [5.41, 5.74) is 4.08. The number of amides is 1. The third kappa shape index (κ3) is 3.80. The fourth-order valence-corrected chi connectivity index (χ4v) is 3.93. The Bertz CT molecular complexity index is 845. The Balaban J connectivity index is 1.98. The van der Waals surface area contributed by atoms with Crippen LogP contribution in [0.5, 0.6) is 5.75 Å². The van der Waals surface area contributed by atoms with Crippen LogP contribution in [-0.2, 0) is 6.42 Å². The van der Waals surface area contributed by atoms with Crippen molar-refractivity contribution < 1.29 is 14.6 Å². The number of carbonyl (C=O) groups is 1. The molecule has 138 valence electrons. The quantitative estimate of drug-likeness (QED) is 0.724. The van der Waals surface area contributed by atoms with Crippen molar-refractivity contribution in [3.8, 4) is 16.9 Å². The van der Waals surface area contributed by atoms with Gasteiger partial charge in [0.1, 0.15) is 5.75 Å². The van der Waals surface area contributed by atoms with E-state index in [1.165, 1.54) is 0 Å². The molecule has 2 aromatic rings. The summed E-state index contributed by atoms with van der Waals surface area (Å²) in [5.74, 6) is 0.744. The summed E-state index contributed by atoms with van der Waals surface area (Å²) in [4.78, 5) is 11.2. The molecule has 0 aliphatic heterocycles. The van der Waals surface area contributed by atoms with E-state index in [0.717, 1.165) is 34.4 Å². The smallest absolute Gasteiger partial charge is 0.405 e. The largest absolute Gasteiger partial charge is 0.491 e. The topological polar surface area (TPSA) is 58.6 Å². The highest BCUT2D eigenvalue weighted by Gasteiger charge is 2.39. The summed E-state index contributed by atoms with van der Waals surface area (Å²) >= 11 is 6.27. The Morgan fingerprint density at radius 1 is 1.23 bits per heavy atom. The highest BCUT2D eigenvalue weighted by molar-refractivity contribution is 6.31. The third-order valence-electron chi connectivity index (χ3n) is 4.73. The summed E-state index contributed by atoms with van der Waals surface area (Å²) in [7, 11) is 0. The zero-order valence-electron chi connectivity index (χ0n) is 15.5. The molecule has 1 aliphatic rings. The van der Waals surface area contributed by atoms with Crippen molar-refractivity contribution in [2.24, 2.45) is 5.41 Å². The number of ether oxygens (including phenoxy) is 1. The van der Waals surface area contributed by atoms with Crippen molar-refractivity contribution in [3.63, 3.8) is 0 Å². The maximum atomic E-state index is 11.2. The normalized spacial score (nSPS) is 17.8. The maximum absolute atomic E-state index is 11.2. The zero-order valence-corrected chi connectivity index (χ0v) is 16.2. The minimum Gasteiger partial charge on any atom is -0.491 e. The van der Waals surface area contributed by atoms with Crippen molar-refractivity contribution in [2.75, 3.05) is 0 Å². The van der Waals surface area contributed by atoms with E-state index in [2.05, 4.69) is 25.2 Å². The van der Waals surface area contributed by atoms with E-state index in [-0.39, 0.29) is 17.6 Å². The van der Waals surface area contributed by atoms with Gasteiger partial charge >= 0.3 is 6.09 Å². The molecule has 0 aromatic heterocycles. The van der Waals surface area contributed by atoms with Crippen LogP contribution in [-0.4, -0.2) is 17.3 Å². The van der Waals surface area contributed by atoms with Crippen molar-refractivity contribution in [2.45, 2.75) is 46.3 Å². The summed E-state index contributed by atoms with van der Waals surface area (Å²) < 4.78 is 5.78. The van der Waals surface area contributed by atoms with Gasteiger partial charge in [-0.3, -0.25) is 0 Å². The van der Waals surface area contributed by atoms with E-state index in [4.69, 9.17) is 21.4 Å². The van der Waals surface area contributed by atoms with Gasteiger partial charge in [-0.05, 0) is 66.1 Å². The number of hydrogen-bond acceptors (Lipinski definition) is 2. The van der Waals surface area contributed by atoms with Gasteiger partial charge < -0.3 is 15.2 Å². The second-order valence-electron chi connectivity index (χ2n) is 7.80. The SMILES string of the molecule is CC(C)Oc1cc(Cl)cc(-c2ccc3c(c2)CC(C)(C)[C@H]3NC(=O)O)c1. The van der Waals surface area contributed by atoms with Crippen LogP contribution in [0.25, 0.3) is 11.1 Å². The summed E-state index contributed by atoms with van der Waals surface area (Å²) in [6.45, 7) is 8.13. The van der Waals surface area contributed by atoms with E-state index in [0.29, 0.717) is 5.02 Å². The lowest BCUT2D eigenvalue weighted by Gasteiger charge is -2.27. The standard InChI is InChI=1S/C21H24ClNO3/c1-12(2)26-17-9-14(8-16(22)10-17)13-5-6-18-15(7-13)11-21(3,4)19(18)23-20(24)25/h5-10,12,19,23H,11H2,1-4H3,(H,24,25)/t19-/m0/s1. The molecule has 0 fully saturated rings. The van der Waals surface area contributed by atoms with Gasteiger partial charge in [-0.25, -0.2) is 4.79 Å². The fraction of sp³-hybridized carbons (Fsp3) is 0.381. The van der Waals surface area contributed by atoms with Crippen LogP contribution in [0.2, 0.25) is 5.02 Å². The highest BCUT2D eigenvalue weighted by atomic mass is 35.5. The summed E-state index contributed by atoms with van der Waals surface area (Å²) in [5, 5.41) is 12.4. The minimum absolute atomic E-state index is 0.0741. The van der Waals surface area contributed by atoms with E-state index < -0.39 is 6.09 Å². The lowest BCUT2D eigenvalue weighted by Crippen LogP contribution is -2.34. The van der Waals surface area contributed by atoms with Crippen LogP contribution in [0, 0.1) is 5.41 Å². The lowest BCUT2D eigenvalue weighted by atomic mass is 9.85. The predicted molar refractivity (Wildman–Crippen MR) is 104 cm³/mol. The molecule has 2 aromatic carbocycles. The molecule has 0 heterocycles. The van der Waals surface area contributed by atoms with Gasteiger partial charge in [-0.1, -0.05) is 43.6 Å². The first kappa shape index (κ1) is 18.6. The Labute approximate surface area is 159 Å². The van der Waals surface area contributed by atoms with E-state index >= 15 is 0 Å². The molecule has 0 unspecified atom stereocenters. The van der Waals surface area contributed by atoms with Gasteiger partial charge in [0.05, 0.1) is 12.1 Å². The molecule has 0 radical (unpaired) electrons. The van der Waals surface area contributed by atoms with Crippen LogP contribution < -0.4 is 10.1 Å². The van der Waals surface area contributed by atoms with Crippen molar-refractivity contribution in [1.29, 1.82) is 0 Å².